The molecule has 0 unspecified atom stereocenters. The molecule has 0 fully saturated rings. The second-order valence-corrected chi connectivity index (χ2v) is 9.85. The number of allylic oxidation sites excluding steroid dienone is 1. The Morgan fingerprint density at radius 3 is 2.59 bits per heavy atom. The smallest absolute Gasteiger partial charge is 0.338 e. The van der Waals surface area contributed by atoms with E-state index in [0.29, 0.717) is 55.7 Å². The minimum atomic E-state index is -0.644. The van der Waals surface area contributed by atoms with Crippen LogP contribution in [-0.2, 0) is 9.53 Å². The van der Waals surface area contributed by atoms with Gasteiger partial charge in [-0.3, -0.25) is 9.36 Å². The molecule has 9 heteroatoms. The molecule has 194 valence electrons. The Hall–Kier alpha value is -3.36. The Morgan fingerprint density at radius 1 is 1.19 bits per heavy atom. The van der Waals surface area contributed by atoms with Gasteiger partial charge in [0.1, 0.15) is 0 Å². The molecule has 1 aliphatic rings. The number of esters is 1. The molecule has 0 saturated heterocycles. The summed E-state index contributed by atoms with van der Waals surface area (Å²) in [6.07, 6.45) is 4.17. The largest absolute Gasteiger partial charge is 0.493 e. The average molecular weight is 541 g/mol. The summed E-state index contributed by atoms with van der Waals surface area (Å²) in [7, 11) is 2.89. The molecule has 2 aromatic carbocycles. The lowest BCUT2D eigenvalue weighted by molar-refractivity contribution is -0.136. The number of hydrogen-bond donors (Lipinski definition) is 0. The molecule has 0 saturated carbocycles. The Kier molecular flexibility index (Phi) is 8.51. The molecule has 1 aliphatic heterocycles. The first-order valence-electron chi connectivity index (χ1n) is 12.1. The molecule has 0 bridgehead atoms. The van der Waals surface area contributed by atoms with Crippen LogP contribution in [0.1, 0.15) is 50.3 Å². The summed E-state index contributed by atoms with van der Waals surface area (Å²) in [6.45, 7) is 4.55. The van der Waals surface area contributed by atoms with Gasteiger partial charge in [-0.15, -0.1) is 0 Å². The van der Waals surface area contributed by atoms with E-state index in [4.69, 9.17) is 25.8 Å². The number of hydrogen-bond acceptors (Lipinski definition) is 7. The van der Waals surface area contributed by atoms with Crippen molar-refractivity contribution in [1.29, 1.82) is 0 Å². The van der Waals surface area contributed by atoms with Crippen LogP contribution < -0.4 is 24.4 Å². The van der Waals surface area contributed by atoms with Crippen molar-refractivity contribution in [2.75, 3.05) is 20.8 Å². The quantitative estimate of drug-likeness (QED) is 0.292. The maximum absolute atomic E-state index is 13.8. The lowest BCUT2D eigenvalue weighted by atomic mass is 9.95. The third-order valence-electron chi connectivity index (χ3n) is 6.06. The molecule has 0 N–H and O–H groups in total. The summed E-state index contributed by atoms with van der Waals surface area (Å²) in [4.78, 5) is 31.8. The number of unbranched alkanes of at least 4 members (excludes halogenated alkanes) is 1. The van der Waals surface area contributed by atoms with Crippen LogP contribution in [0.3, 0.4) is 0 Å². The van der Waals surface area contributed by atoms with E-state index in [-0.39, 0.29) is 5.56 Å². The second kappa shape index (κ2) is 11.8. The Labute approximate surface area is 224 Å². The number of methoxy groups -OCH3 is 2. The fourth-order valence-electron chi connectivity index (χ4n) is 4.25. The number of benzene rings is 2. The van der Waals surface area contributed by atoms with Crippen LogP contribution in [-0.4, -0.2) is 31.4 Å². The number of carbonyl (C=O) groups is 1. The summed E-state index contributed by atoms with van der Waals surface area (Å²) in [6, 6.07) is 12.3. The Bertz CT molecular complexity index is 1510. The zero-order chi connectivity index (χ0) is 26.5. The van der Waals surface area contributed by atoms with Gasteiger partial charge in [0.05, 0.1) is 47.7 Å². The summed E-state index contributed by atoms with van der Waals surface area (Å²) >= 11 is 7.79. The predicted molar refractivity (Wildman–Crippen MR) is 145 cm³/mol. The monoisotopic (exact) mass is 540 g/mol. The normalized spacial score (nSPS) is 15.3. The first-order chi connectivity index (χ1) is 17.9. The molecular weight excluding hydrogens is 512 g/mol. The summed E-state index contributed by atoms with van der Waals surface area (Å²) in [5.41, 5.74) is 2.21. The van der Waals surface area contributed by atoms with E-state index in [2.05, 4.69) is 11.9 Å². The number of rotatable bonds is 9. The first kappa shape index (κ1) is 26.7. The number of aromatic nitrogens is 1. The van der Waals surface area contributed by atoms with E-state index in [1.807, 2.05) is 37.3 Å². The van der Waals surface area contributed by atoms with E-state index >= 15 is 0 Å². The number of ether oxygens (including phenoxy) is 3. The summed E-state index contributed by atoms with van der Waals surface area (Å²) < 4.78 is 18.5. The van der Waals surface area contributed by atoms with E-state index in [9.17, 15) is 9.59 Å². The second-order valence-electron chi connectivity index (χ2n) is 8.44. The van der Waals surface area contributed by atoms with Gasteiger partial charge in [-0.1, -0.05) is 73.5 Å². The van der Waals surface area contributed by atoms with Crippen molar-refractivity contribution in [2.24, 2.45) is 4.99 Å². The van der Waals surface area contributed by atoms with Crippen molar-refractivity contribution in [3.05, 3.63) is 89.6 Å². The van der Waals surface area contributed by atoms with Crippen LogP contribution in [0.2, 0.25) is 5.02 Å². The van der Waals surface area contributed by atoms with Crippen molar-refractivity contribution in [3.63, 3.8) is 0 Å². The highest BCUT2D eigenvalue weighted by molar-refractivity contribution is 7.07. The average Bonchev–Trinajstić information content (AvgIpc) is 3.22. The van der Waals surface area contributed by atoms with Crippen LogP contribution in [0.4, 0.5) is 0 Å². The standard InChI is InChI=1S/C28H29ClN2O5S/c1-5-7-13-36-25-19(29)14-17(15-21(25)34-3)16-22-26(32)31-24(18-11-9-8-10-12-18)23(27(33)35-4)20(6-2)30-28(31)37-22/h8-12,14-16,24H,5-7,13H2,1-4H3/b22-16-/t24-/m0/s1. The lowest BCUT2D eigenvalue weighted by Gasteiger charge is -2.25. The molecule has 2 heterocycles. The fraction of sp³-hybridized carbons (Fsp3) is 0.321. The van der Waals surface area contributed by atoms with Crippen LogP contribution in [0, 0.1) is 0 Å². The number of fused-ring (bicyclic) bond motifs is 1. The minimum Gasteiger partial charge on any atom is -0.493 e. The molecule has 7 nitrogen and oxygen atoms in total. The summed E-state index contributed by atoms with van der Waals surface area (Å²) in [5, 5.41) is 0.401. The van der Waals surface area contributed by atoms with Crippen molar-refractivity contribution < 1.29 is 19.0 Å². The van der Waals surface area contributed by atoms with Crippen molar-refractivity contribution >= 4 is 35.0 Å². The number of thiazole rings is 1. The van der Waals surface area contributed by atoms with Gasteiger partial charge in [0.25, 0.3) is 5.56 Å². The maximum atomic E-state index is 13.8. The molecular formula is C28H29ClN2O5S. The molecule has 0 spiro atoms. The molecule has 4 rings (SSSR count). The number of halogens is 1. The van der Waals surface area contributed by atoms with Crippen LogP contribution in [0.5, 0.6) is 11.5 Å². The zero-order valence-electron chi connectivity index (χ0n) is 21.2. The summed E-state index contributed by atoms with van der Waals surface area (Å²) in [5.74, 6) is 0.473. The fourth-order valence-corrected chi connectivity index (χ4v) is 5.54. The molecule has 37 heavy (non-hydrogen) atoms. The van der Waals surface area contributed by atoms with Crippen molar-refractivity contribution in [1.82, 2.24) is 4.57 Å². The van der Waals surface area contributed by atoms with Gasteiger partial charge < -0.3 is 14.2 Å². The Morgan fingerprint density at radius 2 is 1.95 bits per heavy atom. The van der Waals surface area contributed by atoms with Gasteiger partial charge in [0.2, 0.25) is 0 Å². The zero-order valence-corrected chi connectivity index (χ0v) is 22.8. The van der Waals surface area contributed by atoms with E-state index < -0.39 is 12.0 Å². The van der Waals surface area contributed by atoms with E-state index in [1.54, 1.807) is 29.9 Å². The maximum Gasteiger partial charge on any atom is 0.338 e. The van der Waals surface area contributed by atoms with Crippen molar-refractivity contribution in [3.8, 4) is 11.5 Å². The van der Waals surface area contributed by atoms with Crippen molar-refractivity contribution in [2.45, 2.75) is 39.2 Å². The highest BCUT2D eigenvalue weighted by Crippen LogP contribution is 2.37. The third-order valence-corrected chi connectivity index (χ3v) is 7.32. The van der Waals surface area contributed by atoms with E-state index in [1.165, 1.54) is 18.4 Å². The molecule has 3 aromatic rings. The highest BCUT2D eigenvalue weighted by atomic mass is 35.5. The van der Waals surface area contributed by atoms with Crippen LogP contribution in [0.25, 0.3) is 6.08 Å². The van der Waals surface area contributed by atoms with Gasteiger partial charge in [-0.2, -0.15) is 0 Å². The first-order valence-corrected chi connectivity index (χ1v) is 13.3. The molecule has 0 amide bonds. The molecule has 1 aromatic heterocycles. The van der Waals surface area contributed by atoms with Gasteiger partial charge >= 0.3 is 5.97 Å². The van der Waals surface area contributed by atoms with Gasteiger partial charge in [0.15, 0.2) is 16.3 Å². The number of carbonyl (C=O) groups excluding carboxylic acids is 1. The highest BCUT2D eigenvalue weighted by Gasteiger charge is 2.33. The molecule has 0 radical (unpaired) electrons. The number of nitrogens with zero attached hydrogens (tertiary/aromatic N) is 2. The molecule has 1 atom stereocenters. The topological polar surface area (TPSA) is 79.1 Å². The Balaban J connectivity index is 1.88. The van der Waals surface area contributed by atoms with Crippen LogP contribution >= 0.6 is 22.9 Å². The van der Waals surface area contributed by atoms with Gasteiger partial charge in [-0.05, 0) is 42.2 Å². The predicted octanol–water partition coefficient (Wildman–Crippen LogP) is 4.64. The third kappa shape index (κ3) is 5.36. The minimum absolute atomic E-state index is 0.257. The van der Waals surface area contributed by atoms with E-state index in [0.717, 1.165) is 18.4 Å². The SMILES string of the molecule is CCCCOc1c(Cl)cc(/C=c2\sc3n(c2=O)[C@@H](c2ccccc2)C(C(=O)OC)=C(CC)N=3)cc1OC. The molecule has 0 aliphatic carbocycles. The van der Waals surface area contributed by atoms with Gasteiger partial charge in [-0.25, -0.2) is 9.79 Å². The van der Waals surface area contributed by atoms with Crippen LogP contribution in [0.15, 0.2) is 63.5 Å². The lowest BCUT2D eigenvalue weighted by Crippen LogP contribution is -2.40. The van der Waals surface area contributed by atoms with Gasteiger partial charge in [0, 0.05) is 0 Å².